The summed E-state index contributed by atoms with van der Waals surface area (Å²) < 4.78 is 14.7. The Bertz CT molecular complexity index is 1160. The highest BCUT2D eigenvalue weighted by atomic mass is 32.2. The molecule has 0 spiro atoms. The molecule has 0 bridgehead atoms. The first-order valence-electron chi connectivity index (χ1n) is 10.3. The van der Waals surface area contributed by atoms with E-state index < -0.39 is 22.7 Å². The molecule has 6 heteroatoms. The van der Waals surface area contributed by atoms with Gasteiger partial charge in [-0.1, -0.05) is 33.8 Å². The highest BCUT2D eigenvalue weighted by molar-refractivity contribution is 8.18. The van der Waals surface area contributed by atoms with Crippen LogP contribution in [0.5, 0.6) is 5.75 Å². The molecule has 1 fully saturated rings. The molecule has 2 aromatic carbocycles. The van der Waals surface area contributed by atoms with Crippen LogP contribution < -0.4 is 5.32 Å². The number of benzene rings is 2. The Morgan fingerprint density at radius 3 is 2.19 bits per heavy atom. The van der Waals surface area contributed by atoms with E-state index in [2.05, 4.69) is 45.1 Å². The van der Waals surface area contributed by atoms with Crippen molar-refractivity contribution in [3.63, 3.8) is 0 Å². The molecule has 4 nitrogen and oxygen atoms in total. The molecule has 1 saturated heterocycles. The van der Waals surface area contributed by atoms with Crippen LogP contribution in [0, 0.1) is 12.7 Å². The number of hydrogen-bond donors (Lipinski definition) is 2. The highest BCUT2D eigenvalue weighted by Gasteiger charge is 2.37. The Morgan fingerprint density at radius 2 is 1.61 bits per heavy atom. The zero-order valence-electron chi connectivity index (χ0n) is 18.4. The van der Waals surface area contributed by atoms with Crippen molar-refractivity contribution >= 4 is 29.0 Å². The Hall–Kier alpha value is -2.60. The van der Waals surface area contributed by atoms with Gasteiger partial charge in [-0.3, -0.25) is 14.9 Å². The standard InChI is InChI=1S/C25H26FNO3S/c1-13-8-17-18(25(4,5)7-6-24(17,2)3)12-15(13)16-9-14(10-19(26)21(16)28)11-20-22(29)27-23(30)31-20/h8-12,28H,6-7H2,1-5H3,(H,27,29,30)/b20-11+. The minimum Gasteiger partial charge on any atom is -0.504 e. The first-order chi connectivity index (χ1) is 14.4. The smallest absolute Gasteiger partial charge is 0.290 e. The summed E-state index contributed by atoms with van der Waals surface area (Å²) in [7, 11) is 0. The zero-order chi connectivity index (χ0) is 22.7. The highest BCUT2D eigenvalue weighted by Crippen LogP contribution is 2.48. The number of carbonyl (C=O) groups is 2. The minimum atomic E-state index is -0.768. The van der Waals surface area contributed by atoms with E-state index in [1.165, 1.54) is 23.3 Å². The van der Waals surface area contributed by atoms with Crippen molar-refractivity contribution in [2.45, 2.75) is 58.3 Å². The summed E-state index contributed by atoms with van der Waals surface area (Å²) in [6.45, 7) is 10.9. The van der Waals surface area contributed by atoms with Gasteiger partial charge in [-0.25, -0.2) is 4.39 Å². The maximum absolute atomic E-state index is 14.7. The van der Waals surface area contributed by atoms with E-state index in [0.29, 0.717) is 11.1 Å². The van der Waals surface area contributed by atoms with Crippen molar-refractivity contribution in [1.82, 2.24) is 5.32 Å². The predicted molar refractivity (Wildman–Crippen MR) is 123 cm³/mol. The van der Waals surface area contributed by atoms with Crippen LogP contribution in [-0.4, -0.2) is 16.3 Å². The molecule has 0 unspecified atom stereocenters. The topological polar surface area (TPSA) is 66.4 Å². The molecular weight excluding hydrogens is 413 g/mol. The molecule has 2 N–H and O–H groups in total. The summed E-state index contributed by atoms with van der Waals surface area (Å²) in [6, 6.07) is 7.07. The number of amides is 2. The van der Waals surface area contributed by atoms with Gasteiger partial charge >= 0.3 is 0 Å². The molecular formula is C25H26FNO3S. The van der Waals surface area contributed by atoms with Crippen LogP contribution in [0.15, 0.2) is 29.2 Å². The lowest BCUT2D eigenvalue weighted by Crippen LogP contribution is -2.34. The van der Waals surface area contributed by atoms with Crippen LogP contribution in [0.25, 0.3) is 17.2 Å². The maximum Gasteiger partial charge on any atom is 0.290 e. The van der Waals surface area contributed by atoms with Gasteiger partial charge in [0.25, 0.3) is 11.1 Å². The molecule has 162 valence electrons. The third-order valence-corrected chi connectivity index (χ3v) is 7.32. The average Bonchev–Trinajstić information content (AvgIpc) is 2.99. The summed E-state index contributed by atoms with van der Waals surface area (Å²) in [5, 5.41) is 12.3. The summed E-state index contributed by atoms with van der Waals surface area (Å²) in [6.07, 6.45) is 3.60. The van der Waals surface area contributed by atoms with Crippen molar-refractivity contribution in [2.75, 3.05) is 0 Å². The Balaban J connectivity index is 1.89. The Kier molecular flexibility index (Phi) is 5.04. The van der Waals surface area contributed by atoms with Crippen LogP contribution in [0.1, 0.15) is 62.8 Å². The van der Waals surface area contributed by atoms with Crippen LogP contribution in [0.4, 0.5) is 9.18 Å². The van der Waals surface area contributed by atoms with Gasteiger partial charge in [0.15, 0.2) is 11.6 Å². The van der Waals surface area contributed by atoms with E-state index in [1.54, 1.807) is 6.07 Å². The van der Waals surface area contributed by atoms with Gasteiger partial charge in [-0.2, -0.15) is 0 Å². The van der Waals surface area contributed by atoms with Gasteiger partial charge in [0.05, 0.1) is 4.91 Å². The van der Waals surface area contributed by atoms with Crippen molar-refractivity contribution in [1.29, 1.82) is 0 Å². The molecule has 2 aromatic rings. The second-order valence-corrected chi connectivity index (χ2v) is 10.7. The molecule has 0 radical (unpaired) electrons. The predicted octanol–water partition coefficient (Wildman–Crippen LogP) is 6.18. The number of phenolic OH excluding ortho intramolecular Hbond substituents is 1. The maximum atomic E-state index is 14.7. The summed E-state index contributed by atoms with van der Waals surface area (Å²) in [5.74, 6) is -1.69. The van der Waals surface area contributed by atoms with E-state index in [9.17, 15) is 19.1 Å². The van der Waals surface area contributed by atoms with Crippen molar-refractivity contribution in [2.24, 2.45) is 0 Å². The molecule has 1 heterocycles. The normalized spacial score (nSPS) is 20.6. The van der Waals surface area contributed by atoms with E-state index >= 15 is 0 Å². The van der Waals surface area contributed by atoms with E-state index in [1.807, 2.05) is 6.92 Å². The first kappa shape index (κ1) is 21.6. The van der Waals surface area contributed by atoms with Crippen LogP contribution in [0.3, 0.4) is 0 Å². The largest absolute Gasteiger partial charge is 0.504 e. The molecule has 31 heavy (non-hydrogen) atoms. The summed E-state index contributed by atoms with van der Waals surface area (Å²) >= 11 is 0.778. The molecule has 4 rings (SSSR count). The lowest BCUT2D eigenvalue weighted by Gasteiger charge is -2.42. The first-order valence-corrected chi connectivity index (χ1v) is 11.1. The van der Waals surface area contributed by atoms with Crippen LogP contribution in [0.2, 0.25) is 0 Å². The lowest BCUT2D eigenvalue weighted by atomic mass is 9.62. The number of thioether (sulfide) groups is 1. The van der Waals surface area contributed by atoms with E-state index in [-0.39, 0.29) is 15.7 Å². The number of halogens is 1. The fraction of sp³-hybridized carbons (Fsp3) is 0.360. The van der Waals surface area contributed by atoms with Gasteiger partial charge in [0, 0.05) is 5.56 Å². The van der Waals surface area contributed by atoms with Crippen molar-refractivity contribution in [3.8, 4) is 16.9 Å². The third kappa shape index (κ3) is 3.78. The van der Waals surface area contributed by atoms with Crippen molar-refractivity contribution in [3.05, 3.63) is 57.2 Å². The van der Waals surface area contributed by atoms with Gasteiger partial charge in [0.1, 0.15) is 0 Å². The molecule has 0 atom stereocenters. The summed E-state index contributed by atoms with van der Waals surface area (Å²) in [4.78, 5) is 23.5. The Labute approximate surface area is 185 Å². The number of nitrogens with one attached hydrogen (secondary N) is 1. The van der Waals surface area contributed by atoms with Gasteiger partial charge in [-0.15, -0.1) is 0 Å². The number of rotatable bonds is 2. The molecule has 1 aliphatic carbocycles. The van der Waals surface area contributed by atoms with Gasteiger partial charge in [-0.05, 0) is 94.4 Å². The number of aryl methyl sites for hydroxylation is 1. The number of hydrogen-bond acceptors (Lipinski definition) is 4. The monoisotopic (exact) mass is 439 g/mol. The van der Waals surface area contributed by atoms with Crippen molar-refractivity contribution < 1.29 is 19.1 Å². The SMILES string of the molecule is Cc1cc2c(cc1-c1cc(/C=C3/SC(=O)NC3=O)cc(F)c1O)C(C)(C)CCC2(C)C. The molecule has 2 amide bonds. The average molecular weight is 440 g/mol. The minimum absolute atomic E-state index is 0.0278. The lowest BCUT2D eigenvalue weighted by molar-refractivity contribution is -0.115. The molecule has 0 saturated carbocycles. The number of imide groups is 1. The zero-order valence-corrected chi connectivity index (χ0v) is 19.2. The third-order valence-electron chi connectivity index (χ3n) is 6.51. The summed E-state index contributed by atoms with van der Waals surface area (Å²) in [5.41, 5.74) is 5.03. The van der Waals surface area contributed by atoms with E-state index in [4.69, 9.17) is 0 Å². The molecule has 1 aliphatic heterocycles. The Morgan fingerprint density at radius 1 is 1.00 bits per heavy atom. The molecule has 2 aliphatic rings. The van der Waals surface area contributed by atoms with Gasteiger partial charge in [0.2, 0.25) is 0 Å². The fourth-order valence-corrected chi connectivity index (χ4v) is 5.18. The van der Waals surface area contributed by atoms with Crippen LogP contribution in [-0.2, 0) is 15.6 Å². The van der Waals surface area contributed by atoms with Gasteiger partial charge < -0.3 is 5.11 Å². The molecule has 0 aromatic heterocycles. The quantitative estimate of drug-likeness (QED) is 0.549. The van der Waals surface area contributed by atoms with E-state index in [0.717, 1.165) is 35.7 Å². The fourth-order valence-electron chi connectivity index (χ4n) is 4.49. The second kappa shape index (κ2) is 7.23. The number of aromatic hydroxyl groups is 1. The number of carbonyl (C=O) groups excluding carboxylic acids is 2. The second-order valence-electron chi connectivity index (χ2n) is 9.73. The van der Waals surface area contributed by atoms with Crippen LogP contribution >= 0.6 is 11.8 Å². The number of fused-ring (bicyclic) bond motifs is 1. The number of phenols is 1.